The van der Waals surface area contributed by atoms with Crippen molar-refractivity contribution >= 4 is 11.6 Å². The summed E-state index contributed by atoms with van der Waals surface area (Å²) in [6, 6.07) is 5.96. The Morgan fingerprint density at radius 2 is 2.22 bits per heavy atom. The summed E-state index contributed by atoms with van der Waals surface area (Å²) in [7, 11) is 1.85. The summed E-state index contributed by atoms with van der Waals surface area (Å²) < 4.78 is 7.53. The van der Waals surface area contributed by atoms with Crippen LogP contribution >= 0.6 is 11.6 Å². The Labute approximate surface area is 111 Å². The van der Waals surface area contributed by atoms with E-state index in [0.717, 1.165) is 17.1 Å². The molecule has 0 saturated heterocycles. The van der Waals surface area contributed by atoms with Crippen molar-refractivity contribution < 1.29 is 4.74 Å². The molecule has 2 N–H and O–H groups in total. The lowest BCUT2D eigenvalue weighted by molar-refractivity contribution is 0.289. The van der Waals surface area contributed by atoms with Crippen molar-refractivity contribution in [1.29, 1.82) is 0 Å². The van der Waals surface area contributed by atoms with Gasteiger partial charge in [0, 0.05) is 19.2 Å². The van der Waals surface area contributed by atoms with Gasteiger partial charge in [-0.3, -0.25) is 0 Å². The maximum Gasteiger partial charge on any atom is 0.147 e. The number of halogens is 1. The molecule has 1 aromatic heterocycles. The van der Waals surface area contributed by atoms with Crippen LogP contribution in [0.2, 0.25) is 5.15 Å². The minimum absolute atomic E-state index is 0.374. The molecule has 96 valence electrons. The number of hydrogen-bond donors (Lipinski definition) is 1. The molecule has 18 heavy (non-hydrogen) atoms. The van der Waals surface area contributed by atoms with E-state index in [0.29, 0.717) is 18.3 Å². The molecule has 0 spiro atoms. The fraction of sp³-hybridized carbons (Fsp3) is 0.308. The third kappa shape index (κ3) is 2.66. The number of aromatic nitrogens is 2. The van der Waals surface area contributed by atoms with Crippen LogP contribution in [-0.2, 0) is 20.2 Å². The van der Waals surface area contributed by atoms with Crippen molar-refractivity contribution in [3.63, 3.8) is 0 Å². The lowest BCUT2D eigenvalue weighted by atomic mass is 10.1. The first-order valence-electron chi connectivity index (χ1n) is 5.70. The van der Waals surface area contributed by atoms with Crippen LogP contribution in [0, 0.1) is 6.92 Å². The van der Waals surface area contributed by atoms with Crippen molar-refractivity contribution in [2.24, 2.45) is 12.8 Å². The van der Waals surface area contributed by atoms with Gasteiger partial charge in [-0.15, -0.1) is 0 Å². The van der Waals surface area contributed by atoms with Crippen molar-refractivity contribution in [3.05, 3.63) is 46.5 Å². The highest BCUT2D eigenvalue weighted by Gasteiger charge is 2.07. The molecular formula is C13H16ClN3O. The van der Waals surface area contributed by atoms with Crippen LogP contribution in [0.25, 0.3) is 0 Å². The van der Waals surface area contributed by atoms with E-state index in [1.165, 1.54) is 5.56 Å². The van der Waals surface area contributed by atoms with E-state index in [9.17, 15) is 0 Å². The van der Waals surface area contributed by atoms with E-state index in [2.05, 4.69) is 4.98 Å². The molecule has 2 aromatic rings. The monoisotopic (exact) mass is 265 g/mol. The van der Waals surface area contributed by atoms with E-state index in [-0.39, 0.29) is 0 Å². The average molecular weight is 266 g/mol. The van der Waals surface area contributed by atoms with Gasteiger partial charge in [0.2, 0.25) is 0 Å². The van der Waals surface area contributed by atoms with Crippen LogP contribution in [-0.4, -0.2) is 9.55 Å². The highest BCUT2D eigenvalue weighted by atomic mass is 35.5. The zero-order chi connectivity index (χ0) is 13.1. The standard InChI is InChI=1S/C13H16ClN3O/c1-9-3-4-11(10(5-9)6-15)18-8-13-16-7-12(14)17(13)2/h3-5,7H,6,8,15H2,1-2H3. The van der Waals surface area contributed by atoms with E-state index in [1.807, 2.05) is 32.2 Å². The second kappa shape index (κ2) is 5.42. The second-order valence-electron chi connectivity index (χ2n) is 4.16. The van der Waals surface area contributed by atoms with Crippen LogP contribution in [0.15, 0.2) is 24.4 Å². The number of ether oxygens (including phenoxy) is 1. The Kier molecular flexibility index (Phi) is 3.89. The minimum Gasteiger partial charge on any atom is -0.485 e. The molecule has 5 heteroatoms. The minimum atomic E-state index is 0.374. The summed E-state index contributed by atoms with van der Waals surface area (Å²) in [5.74, 6) is 1.57. The Balaban J connectivity index is 2.13. The molecule has 0 aliphatic heterocycles. The first kappa shape index (κ1) is 12.9. The van der Waals surface area contributed by atoms with Crippen LogP contribution in [0.4, 0.5) is 0 Å². The number of hydrogen-bond acceptors (Lipinski definition) is 3. The van der Waals surface area contributed by atoms with Gasteiger partial charge in [-0.1, -0.05) is 29.3 Å². The first-order valence-corrected chi connectivity index (χ1v) is 6.08. The lowest BCUT2D eigenvalue weighted by Crippen LogP contribution is -2.06. The molecular weight excluding hydrogens is 250 g/mol. The molecule has 0 saturated carbocycles. The predicted molar refractivity (Wildman–Crippen MR) is 71.6 cm³/mol. The Bertz CT molecular complexity index is 551. The van der Waals surface area contributed by atoms with Gasteiger partial charge in [-0.2, -0.15) is 0 Å². The first-order chi connectivity index (χ1) is 8.61. The molecule has 0 amide bonds. The van der Waals surface area contributed by atoms with Crippen molar-refractivity contribution in [1.82, 2.24) is 9.55 Å². The molecule has 0 atom stereocenters. The summed E-state index contributed by atoms with van der Waals surface area (Å²) in [6.45, 7) is 2.86. The number of nitrogens with two attached hydrogens (primary N) is 1. The van der Waals surface area contributed by atoms with Crippen molar-refractivity contribution in [2.75, 3.05) is 0 Å². The molecule has 0 bridgehead atoms. The van der Waals surface area contributed by atoms with E-state index in [1.54, 1.807) is 10.8 Å². The molecule has 0 fully saturated rings. The van der Waals surface area contributed by atoms with Crippen LogP contribution in [0.1, 0.15) is 17.0 Å². The smallest absolute Gasteiger partial charge is 0.147 e. The molecule has 4 nitrogen and oxygen atoms in total. The zero-order valence-corrected chi connectivity index (χ0v) is 11.2. The number of rotatable bonds is 4. The van der Waals surface area contributed by atoms with E-state index in [4.69, 9.17) is 22.1 Å². The molecule has 0 radical (unpaired) electrons. The summed E-state index contributed by atoms with van der Waals surface area (Å²) in [5, 5.41) is 0.594. The van der Waals surface area contributed by atoms with Crippen molar-refractivity contribution in [2.45, 2.75) is 20.1 Å². The Hall–Kier alpha value is -1.52. The Morgan fingerprint density at radius 3 is 2.83 bits per heavy atom. The van der Waals surface area contributed by atoms with Crippen LogP contribution < -0.4 is 10.5 Å². The summed E-state index contributed by atoms with van der Waals surface area (Å²) in [5.41, 5.74) is 7.87. The van der Waals surface area contributed by atoms with E-state index < -0.39 is 0 Å². The number of aryl methyl sites for hydroxylation is 1. The highest BCUT2D eigenvalue weighted by Crippen LogP contribution is 2.21. The van der Waals surface area contributed by atoms with Crippen LogP contribution in [0.5, 0.6) is 5.75 Å². The fourth-order valence-electron chi connectivity index (χ4n) is 1.71. The summed E-state index contributed by atoms with van der Waals surface area (Å²) in [6.07, 6.45) is 1.61. The van der Waals surface area contributed by atoms with Gasteiger partial charge in [0.1, 0.15) is 23.3 Å². The van der Waals surface area contributed by atoms with Gasteiger partial charge in [0.25, 0.3) is 0 Å². The van der Waals surface area contributed by atoms with Gasteiger partial charge in [0.15, 0.2) is 0 Å². The fourth-order valence-corrected chi connectivity index (χ4v) is 1.86. The van der Waals surface area contributed by atoms with Gasteiger partial charge in [0.05, 0.1) is 6.20 Å². The van der Waals surface area contributed by atoms with E-state index >= 15 is 0 Å². The maximum absolute atomic E-state index is 5.92. The van der Waals surface area contributed by atoms with Gasteiger partial charge in [-0.05, 0) is 13.0 Å². The highest BCUT2D eigenvalue weighted by molar-refractivity contribution is 6.29. The number of imidazole rings is 1. The quantitative estimate of drug-likeness (QED) is 0.924. The summed E-state index contributed by atoms with van der Waals surface area (Å²) >= 11 is 5.92. The zero-order valence-electron chi connectivity index (χ0n) is 10.5. The van der Waals surface area contributed by atoms with Crippen LogP contribution in [0.3, 0.4) is 0 Å². The lowest BCUT2D eigenvalue weighted by Gasteiger charge is -2.11. The molecule has 2 rings (SSSR count). The van der Waals surface area contributed by atoms with Gasteiger partial charge >= 0.3 is 0 Å². The van der Waals surface area contributed by atoms with Crippen molar-refractivity contribution in [3.8, 4) is 5.75 Å². The number of benzene rings is 1. The van der Waals surface area contributed by atoms with Gasteiger partial charge < -0.3 is 15.0 Å². The third-order valence-electron chi connectivity index (χ3n) is 2.82. The second-order valence-corrected chi connectivity index (χ2v) is 4.55. The third-order valence-corrected chi connectivity index (χ3v) is 3.17. The summed E-state index contributed by atoms with van der Waals surface area (Å²) in [4.78, 5) is 4.18. The predicted octanol–water partition coefficient (Wildman–Crippen LogP) is 2.42. The SMILES string of the molecule is Cc1ccc(OCc2ncc(Cl)n2C)c(CN)c1. The average Bonchev–Trinajstić information content (AvgIpc) is 2.68. The largest absolute Gasteiger partial charge is 0.485 e. The maximum atomic E-state index is 5.92. The molecule has 1 heterocycles. The Morgan fingerprint density at radius 1 is 1.44 bits per heavy atom. The molecule has 1 aromatic carbocycles. The normalized spacial score (nSPS) is 10.7. The molecule has 0 aliphatic rings. The molecule has 0 unspecified atom stereocenters. The number of nitrogens with zero attached hydrogens (tertiary/aromatic N) is 2. The van der Waals surface area contributed by atoms with Gasteiger partial charge in [-0.25, -0.2) is 4.98 Å². The molecule has 0 aliphatic carbocycles. The topological polar surface area (TPSA) is 53.1 Å².